The Bertz CT molecular complexity index is 455. The molecular weight excluding hydrogens is 264 g/mol. The lowest BCUT2D eigenvalue weighted by molar-refractivity contribution is 0.0634. The number of piperazine rings is 1. The molecule has 1 aliphatic heterocycles. The molecule has 0 atom stereocenters. The summed E-state index contributed by atoms with van der Waals surface area (Å²) in [5, 5.41) is 0. The molecule has 5 nitrogen and oxygen atoms in total. The van der Waals surface area contributed by atoms with E-state index < -0.39 is 0 Å². The van der Waals surface area contributed by atoms with Crippen molar-refractivity contribution in [1.82, 2.24) is 14.8 Å². The molecule has 116 valence electrons. The predicted molar refractivity (Wildman–Crippen MR) is 84.2 cm³/mol. The van der Waals surface area contributed by atoms with Crippen molar-refractivity contribution < 1.29 is 4.79 Å². The highest BCUT2D eigenvalue weighted by atomic mass is 16.2. The van der Waals surface area contributed by atoms with Crippen molar-refractivity contribution in [3.05, 3.63) is 29.6 Å². The number of nitrogens with zero attached hydrogens (tertiary/aromatic N) is 3. The fourth-order valence-corrected chi connectivity index (χ4v) is 2.69. The highest BCUT2D eigenvalue weighted by molar-refractivity contribution is 5.94. The molecule has 1 aromatic rings. The molecule has 21 heavy (non-hydrogen) atoms. The number of nitrogens with two attached hydrogens (primary N) is 1. The van der Waals surface area contributed by atoms with E-state index in [9.17, 15) is 4.79 Å². The van der Waals surface area contributed by atoms with E-state index in [-0.39, 0.29) is 5.91 Å². The van der Waals surface area contributed by atoms with Crippen LogP contribution in [0.5, 0.6) is 0 Å². The average Bonchev–Trinajstić information content (AvgIpc) is 2.51. The van der Waals surface area contributed by atoms with E-state index in [0.717, 1.165) is 51.3 Å². The van der Waals surface area contributed by atoms with Gasteiger partial charge in [-0.25, -0.2) is 0 Å². The highest BCUT2D eigenvalue weighted by Crippen LogP contribution is 2.10. The van der Waals surface area contributed by atoms with Gasteiger partial charge in [0.05, 0.1) is 5.56 Å². The molecule has 0 aromatic carbocycles. The second-order valence-corrected chi connectivity index (χ2v) is 5.73. The number of hydrogen-bond acceptors (Lipinski definition) is 4. The van der Waals surface area contributed by atoms with Crippen molar-refractivity contribution in [3.8, 4) is 0 Å². The van der Waals surface area contributed by atoms with Gasteiger partial charge in [0.2, 0.25) is 0 Å². The molecule has 0 aliphatic carbocycles. The Hall–Kier alpha value is -1.46. The second-order valence-electron chi connectivity index (χ2n) is 5.73. The van der Waals surface area contributed by atoms with Crippen LogP contribution in [0.4, 0.5) is 0 Å². The molecule has 2 rings (SSSR count). The molecule has 1 saturated heterocycles. The minimum absolute atomic E-state index is 0.106. The Morgan fingerprint density at radius 2 is 1.95 bits per heavy atom. The van der Waals surface area contributed by atoms with Crippen LogP contribution in [-0.4, -0.2) is 60.0 Å². The zero-order valence-corrected chi connectivity index (χ0v) is 12.9. The van der Waals surface area contributed by atoms with Crippen LogP contribution in [-0.2, 0) is 0 Å². The average molecular weight is 290 g/mol. The fourth-order valence-electron chi connectivity index (χ4n) is 2.69. The van der Waals surface area contributed by atoms with E-state index >= 15 is 0 Å². The van der Waals surface area contributed by atoms with Crippen molar-refractivity contribution in [2.45, 2.75) is 26.2 Å². The van der Waals surface area contributed by atoms with Crippen LogP contribution in [0, 0.1) is 6.92 Å². The predicted octanol–water partition coefficient (Wildman–Crippen LogP) is 1.28. The van der Waals surface area contributed by atoms with Gasteiger partial charge in [0.25, 0.3) is 5.91 Å². The number of amides is 1. The number of rotatable bonds is 6. The van der Waals surface area contributed by atoms with Crippen LogP contribution in [0.2, 0.25) is 0 Å². The number of carbonyl (C=O) groups excluding carboxylic acids is 1. The van der Waals surface area contributed by atoms with Gasteiger partial charge in [-0.05, 0) is 44.5 Å². The zero-order valence-electron chi connectivity index (χ0n) is 12.9. The largest absolute Gasteiger partial charge is 0.336 e. The summed E-state index contributed by atoms with van der Waals surface area (Å²) >= 11 is 0. The maximum atomic E-state index is 12.4. The Kier molecular flexibility index (Phi) is 6.14. The third-order valence-electron chi connectivity index (χ3n) is 3.96. The van der Waals surface area contributed by atoms with E-state index in [1.165, 1.54) is 12.8 Å². The van der Waals surface area contributed by atoms with Gasteiger partial charge in [-0.15, -0.1) is 0 Å². The fraction of sp³-hybridized carbons (Fsp3) is 0.625. The van der Waals surface area contributed by atoms with Gasteiger partial charge in [0, 0.05) is 38.6 Å². The first kappa shape index (κ1) is 15.9. The molecule has 1 aromatic heterocycles. The Balaban J connectivity index is 1.77. The number of unbranched alkanes of at least 4 members (excludes halogenated alkanes) is 2. The van der Waals surface area contributed by atoms with Gasteiger partial charge in [-0.1, -0.05) is 6.42 Å². The summed E-state index contributed by atoms with van der Waals surface area (Å²) in [6, 6.07) is 1.91. The van der Waals surface area contributed by atoms with E-state index in [1.54, 1.807) is 12.4 Å². The minimum atomic E-state index is 0.106. The number of aromatic nitrogens is 1. The molecule has 0 bridgehead atoms. The number of aryl methyl sites for hydroxylation is 1. The molecule has 0 radical (unpaired) electrons. The van der Waals surface area contributed by atoms with Crippen molar-refractivity contribution in [2.24, 2.45) is 5.73 Å². The molecule has 1 amide bonds. The van der Waals surface area contributed by atoms with Crippen LogP contribution in [0.15, 0.2) is 18.5 Å². The molecule has 5 heteroatoms. The molecule has 2 heterocycles. The lowest BCUT2D eigenvalue weighted by Crippen LogP contribution is -2.48. The van der Waals surface area contributed by atoms with Crippen LogP contribution >= 0.6 is 0 Å². The summed E-state index contributed by atoms with van der Waals surface area (Å²) in [6.07, 6.45) is 6.95. The van der Waals surface area contributed by atoms with Crippen LogP contribution < -0.4 is 5.73 Å². The quantitative estimate of drug-likeness (QED) is 0.802. The summed E-state index contributed by atoms with van der Waals surface area (Å²) in [4.78, 5) is 20.9. The lowest BCUT2D eigenvalue weighted by atomic mass is 10.1. The minimum Gasteiger partial charge on any atom is -0.336 e. The molecular formula is C16H26N4O. The van der Waals surface area contributed by atoms with Gasteiger partial charge in [-0.2, -0.15) is 0 Å². The van der Waals surface area contributed by atoms with Gasteiger partial charge < -0.3 is 10.6 Å². The SMILES string of the molecule is Cc1cncc(C(=O)N2CCN(CCCCCN)CC2)c1. The van der Waals surface area contributed by atoms with Crippen LogP contribution in [0.25, 0.3) is 0 Å². The molecule has 0 spiro atoms. The number of hydrogen-bond donors (Lipinski definition) is 1. The molecule has 0 unspecified atom stereocenters. The van der Waals surface area contributed by atoms with Crippen LogP contribution in [0.3, 0.4) is 0 Å². The lowest BCUT2D eigenvalue weighted by Gasteiger charge is -2.34. The Labute approximate surface area is 127 Å². The highest BCUT2D eigenvalue weighted by Gasteiger charge is 2.21. The first-order valence-corrected chi connectivity index (χ1v) is 7.84. The third kappa shape index (κ3) is 4.79. The van der Waals surface area contributed by atoms with Crippen LogP contribution in [0.1, 0.15) is 35.2 Å². The molecule has 1 aliphatic rings. The van der Waals surface area contributed by atoms with Gasteiger partial charge in [-0.3, -0.25) is 14.7 Å². The van der Waals surface area contributed by atoms with Gasteiger partial charge >= 0.3 is 0 Å². The van der Waals surface area contributed by atoms with E-state index in [1.807, 2.05) is 17.9 Å². The standard InChI is InChI=1S/C16H26N4O/c1-14-11-15(13-18-12-14)16(21)20-9-7-19(8-10-20)6-4-2-3-5-17/h11-13H,2-10,17H2,1H3. The maximum Gasteiger partial charge on any atom is 0.255 e. The normalized spacial score (nSPS) is 16.2. The van der Waals surface area contributed by atoms with Crippen molar-refractivity contribution in [3.63, 3.8) is 0 Å². The second kappa shape index (κ2) is 8.10. The molecule has 0 saturated carbocycles. The summed E-state index contributed by atoms with van der Waals surface area (Å²) in [5.74, 6) is 0.106. The third-order valence-corrected chi connectivity index (χ3v) is 3.96. The first-order chi connectivity index (χ1) is 10.2. The smallest absolute Gasteiger partial charge is 0.255 e. The molecule has 2 N–H and O–H groups in total. The maximum absolute atomic E-state index is 12.4. The Morgan fingerprint density at radius 1 is 1.19 bits per heavy atom. The van der Waals surface area contributed by atoms with Crippen molar-refractivity contribution >= 4 is 5.91 Å². The molecule has 1 fully saturated rings. The summed E-state index contributed by atoms with van der Waals surface area (Å²) in [5.41, 5.74) is 7.23. The van der Waals surface area contributed by atoms with Crippen molar-refractivity contribution in [1.29, 1.82) is 0 Å². The summed E-state index contributed by atoms with van der Waals surface area (Å²) < 4.78 is 0. The number of carbonyl (C=O) groups is 1. The zero-order chi connectivity index (χ0) is 15.1. The summed E-state index contributed by atoms with van der Waals surface area (Å²) in [6.45, 7) is 7.42. The topological polar surface area (TPSA) is 62.5 Å². The first-order valence-electron chi connectivity index (χ1n) is 7.84. The van der Waals surface area contributed by atoms with E-state index in [0.29, 0.717) is 5.56 Å². The van der Waals surface area contributed by atoms with Gasteiger partial charge in [0.15, 0.2) is 0 Å². The van der Waals surface area contributed by atoms with Crippen molar-refractivity contribution in [2.75, 3.05) is 39.3 Å². The van der Waals surface area contributed by atoms with E-state index in [4.69, 9.17) is 5.73 Å². The van der Waals surface area contributed by atoms with Gasteiger partial charge in [0.1, 0.15) is 0 Å². The monoisotopic (exact) mass is 290 g/mol. The summed E-state index contributed by atoms with van der Waals surface area (Å²) in [7, 11) is 0. The Morgan fingerprint density at radius 3 is 2.62 bits per heavy atom. The number of pyridine rings is 1. The van der Waals surface area contributed by atoms with E-state index in [2.05, 4.69) is 9.88 Å².